The molecule has 25 heavy (non-hydrogen) atoms. The Kier molecular flexibility index (Phi) is 10.1. The minimum atomic E-state index is -0.562. The zero-order valence-electron chi connectivity index (χ0n) is 15.2. The van der Waals surface area contributed by atoms with E-state index in [1.165, 1.54) is 0 Å². The fourth-order valence-electron chi connectivity index (χ4n) is 1.87. The van der Waals surface area contributed by atoms with E-state index in [1.807, 2.05) is 13.8 Å². The molecule has 1 aromatic rings. The molecule has 1 aromatic carbocycles. The van der Waals surface area contributed by atoms with E-state index < -0.39 is 12.2 Å². The minimum Gasteiger partial charge on any atom is -0.449 e. The third kappa shape index (κ3) is 8.95. The summed E-state index contributed by atoms with van der Waals surface area (Å²) in [6, 6.07) is 5.18. The van der Waals surface area contributed by atoms with Crippen molar-refractivity contribution >= 4 is 23.6 Å². The van der Waals surface area contributed by atoms with Crippen LogP contribution in [-0.4, -0.2) is 38.6 Å². The van der Waals surface area contributed by atoms with Gasteiger partial charge in [0.05, 0.1) is 13.2 Å². The highest BCUT2D eigenvalue weighted by atomic mass is 16.6. The summed E-state index contributed by atoms with van der Waals surface area (Å²) in [5, 5.41) is 5.28. The van der Waals surface area contributed by atoms with E-state index >= 15 is 0 Å². The Bertz CT molecular complexity index is 548. The van der Waals surface area contributed by atoms with Gasteiger partial charge in [-0.15, -0.1) is 0 Å². The maximum absolute atomic E-state index is 11.8. The summed E-state index contributed by atoms with van der Waals surface area (Å²) < 4.78 is 15.4. The maximum atomic E-state index is 11.8. The molecule has 0 aliphatic rings. The summed E-state index contributed by atoms with van der Waals surface area (Å²) in [5.41, 5.74) is 1.94. The Hall–Kier alpha value is -2.28. The number of hydrogen-bond acceptors (Lipinski definition) is 5. The lowest BCUT2D eigenvalue weighted by Crippen LogP contribution is -2.18. The van der Waals surface area contributed by atoms with E-state index in [4.69, 9.17) is 14.2 Å². The van der Waals surface area contributed by atoms with Crippen molar-refractivity contribution in [3.8, 4) is 0 Å². The lowest BCUT2D eigenvalue weighted by atomic mass is 10.2. The van der Waals surface area contributed by atoms with Crippen molar-refractivity contribution in [3.05, 3.63) is 23.8 Å². The van der Waals surface area contributed by atoms with Crippen LogP contribution in [0.25, 0.3) is 0 Å². The van der Waals surface area contributed by atoms with Crippen LogP contribution in [0.1, 0.15) is 38.7 Å². The molecule has 2 amide bonds. The zero-order chi connectivity index (χ0) is 18.5. The van der Waals surface area contributed by atoms with E-state index in [9.17, 15) is 9.59 Å². The van der Waals surface area contributed by atoms with Crippen LogP contribution in [-0.2, 0) is 14.2 Å². The van der Waals surface area contributed by atoms with Gasteiger partial charge < -0.3 is 14.2 Å². The van der Waals surface area contributed by atoms with Gasteiger partial charge in [-0.2, -0.15) is 0 Å². The van der Waals surface area contributed by atoms with Gasteiger partial charge in [-0.3, -0.25) is 10.6 Å². The van der Waals surface area contributed by atoms with Crippen molar-refractivity contribution in [1.29, 1.82) is 0 Å². The van der Waals surface area contributed by atoms with Crippen LogP contribution in [0.15, 0.2) is 18.2 Å². The Morgan fingerprint density at radius 1 is 0.920 bits per heavy atom. The number of ether oxygens (including phenoxy) is 3. The smallest absolute Gasteiger partial charge is 0.411 e. The second-order valence-electron chi connectivity index (χ2n) is 5.52. The normalized spacial score (nSPS) is 10.2. The number of unbranched alkanes of at least 4 members (excludes halogenated alkanes) is 1. The number of carbonyl (C=O) groups excluding carboxylic acids is 2. The second kappa shape index (κ2) is 12.1. The first-order valence-electron chi connectivity index (χ1n) is 8.62. The van der Waals surface area contributed by atoms with Crippen LogP contribution >= 0.6 is 0 Å². The lowest BCUT2D eigenvalue weighted by Gasteiger charge is -2.12. The van der Waals surface area contributed by atoms with Gasteiger partial charge in [0.1, 0.15) is 6.61 Å². The summed E-state index contributed by atoms with van der Waals surface area (Å²) in [7, 11) is 0. The van der Waals surface area contributed by atoms with Gasteiger partial charge in [-0.1, -0.05) is 26.3 Å². The second-order valence-corrected chi connectivity index (χ2v) is 5.52. The molecule has 1 rings (SSSR count). The molecule has 140 valence electrons. The Morgan fingerprint density at radius 2 is 1.64 bits per heavy atom. The highest BCUT2D eigenvalue weighted by molar-refractivity contribution is 5.89. The molecule has 0 aromatic heterocycles. The zero-order valence-corrected chi connectivity index (χ0v) is 15.2. The highest BCUT2D eigenvalue weighted by Gasteiger charge is 2.09. The summed E-state index contributed by atoms with van der Waals surface area (Å²) in [4.78, 5) is 23.4. The van der Waals surface area contributed by atoms with Crippen molar-refractivity contribution in [3.63, 3.8) is 0 Å². The Labute approximate surface area is 149 Å². The first kappa shape index (κ1) is 20.8. The quantitative estimate of drug-likeness (QED) is 0.613. The molecule has 0 saturated carbocycles. The molecular formula is C18H28N2O5. The average molecular weight is 352 g/mol. The van der Waals surface area contributed by atoms with Gasteiger partial charge in [0.2, 0.25) is 0 Å². The van der Waals surface area contributed by atoms with Crippen LogP contribution in [0.5, 0.6) is 0 Å². The van der Waals surface area contributed by atoms with E-state index in [0.717, 1.165) is 24.8 Å². The fourth-order valence-corrected chi connectivity index (χ4v) is 1.87. The summed E-state index contributed by atoms with van der Waals surface area (Å²) in [6.07, 6.45) is 1.72. The molecule has 0 unspecified atom stereocenters. The number of anilines is 2. The molecule has 0 aliphatic carbocycles. The summed E-state index contributed by atoms with van der Waals surface area (Å²) in [6.45, 7) is 7.44. The van der Waals surface area contributed by atoms with Gasteiger partial charge in [0, 0.05) is 18.0 Å². The fraction of sp³-hybridized carbons (Fsp3) is 0.556. The van der Waals surface area contributed by atoms with Crippen molar-refractivity contribution in [1.82, 2.24) is 0 Å². The van der Waals surface area contributed by atoms with Crippen LogP contribution in [0.2, 0.25) is 0 Å². The molecule has 0 radical (unpaired) electrons. The average Bonchev–Trinajstić information content (AvgIpc) is 2.59. The number of aryl methyl sites for hydroxylation is 1. The number of rotatable bonds is 10. The van der Waals surface area contributed by atoms with Crippen LogP contribution < -0.4 is 10.6 Å². The number of hydrogen-bond donors (Lipinski definition) is 2. The first-order valence-corrected chi connectivity index (χ1v) is 8.62. The predicted molar refractivity (Wildman–Crippen MR) is 97.1 cm³/mol. The molecule has 0 fully saturated rings. The number of amides is 2. The van der Waals surface area contributed by atoms with Crippen molar-refractivity contribution in [2.45, 2.75) is 40.0 Å². The van der Waals surface area contributed by atoms with Gasteiger partial charge in [-0.25, -0.2) is 9.59 Å². The lowest BCUT2D eigenvalue weighted by molar-refractivity contribution is 0.0768. The standard InChI is InChI=1S/C18H28N2O5/c1-4-6-10-23-11-12-25-18(22)20-16-13-15(8-7-14(16)3)19-17(21)24-9-5-2/h7-8,13H,4-6,9-12H2,1-3H3,(H,19,21)(H,20,22). The molecule has 0 saturated heterocycles. The van der Waals surface area contributed by atoms with E-state index in [2.05, 4.69) is 17.6 Å². The molecule has 0 bridgehead atoms. The molecule has 0 spiro atoms. The maximum Gasteiger partial charge on any atom is 0.411 e. The van der Waals surface area contributed by atoms with Gasteiger partial charge in [-0.05, 0) is 37.5 Å². The largest absolute Gasteiger partial charge is 0.449 e. The number of carbonyl (C=O) groups is 2. The van der Waals surface area contributed by atoms with Gasteiger partial charge >= 0.3 is 12.2 Å². The van der Waals surface area contributed by atoms with E-state index in [-0.39, 0.29) is 6.61 Å². The summed E-state index contributed by atoms with van der Waals surface area (Å²) >= 11 is 0. The van der Waals surface area contributed by atoms with E-state index in [1.54, 1.807) is 18.2 Å². The molecular weight excluding hydrogens is 324 g/mol. The Balaban J connectivity index is 2.44. The predicted octanol–water partition coefficient (Wildman–Crippen LogP) is 4.32. The highest BCUT2D eigenvalue weighted by Crippen LogP contribution is 2.20. The SMILES string of the molecule is CCCCOCCOC(=O)Nc1cc(NC(=O)OCCC)ccc1C. The van der Waals surface area contributed by atoms with E-state index in [0.29, 0.717) is 31.2 Å². The van der Waals surface area contributed by atoms with Gasteiger partial charge in [0.15, 0.2) is 0 Å². The van der Waals surface area contributed by atoms with Crippen LogP contribution in [0.3, 0.4) is 0 Å². The van der Waals surface area contributed by atoms with Gasteiger partial charge in [0.25, 0.3) is 0 Å². The molecule has 0 aliphatic heterocycles. The molecule has 2 N–H and O–H groups in total. The van der Waals surface area contributed by atoms with Crippen molar-refractivity contribution in [2.75, 3.05) is 37.1 Å². The number of benzene rings is 1. The monoisotopic (exact) mass is 352 g/mol. The third-order valence-corrected chi connectivity index (χ3v) is 3.26. The van der Waals surface area contributed by atoms with Crippen molar-refractivity contribution in [2.24, 2.45) is 0 Å². The topological polar surface area (TPSA) is 85.9 Å². The molecule has 0 atom stereocenters. The Morgan fingerprint density at radius 3 is 2.36 bits per heavy atom. The number of nitrogens with one attached hydrogen (secondary N) is 2. The summed E-state index contributed by atoms with van der Waals surface area (Å²) in [5.74, 6) is 0. The van der Waals surface area contributed by atoms with Crippen LogP contribution in [0.4, 0.5) is 21.0 Å². The first-order chi connectivity index (χ1) is 12.1. The molecule has 7 heteroatoms. The third-order valence-electron chi connectivity index (χ3n) is 3.26. The van der Waals surface area contributed by atoms with Crippen molar-refractivity contribution < 1.29 is 23.8 Å². The molecule has 7 nitrogen and oxygen atoms in total. The van der Waals surface area contributed by atoms with Crippen LogP contribution in [0, 0.1) is 6.92 Å². The minimum absolute atomic E-state index is 0.190. The molecule has 0 heterocycles.